The van der Waals surface area contributed by atoms with Crippen LogP contribution in [0.25, 0.3) is 0 Å². The van der Waals surface area contributed by atoms with Crippen LogP contribution in [-0.4, -0.2) is 51.9 Å². The van der Waals surface area contributed by atoms with Crippen LogP contribution in [0.15, 0.2) is 91.3 Å². The quantitative estimate of drug-likeness (QED) is 0.214. The Hall–Kier alpha value is -5.51. The van der Waals surface area contributed by atoms with Crippen molar-refractivity contribution in [2.75, 3.05) is 29.0 Å². The summed E-state index contributed by atoms with van der Waals surface area (Å²) in [5, 5.41) is 18.4. The Kier molecular flexibility index (Phi) is 8.99. The number of carbonyl (C=O) groups is 4. The number of nitrogens with one attached hydrogen (secondary N) is 3. The average Bonchev–Trinajstić information content (AvgIpc) is 3.46. The predicted octanol–water partition coefficient (Wildman–Crippen LogP) is 5.46. The first-order valence-corrected chi connectivity index (χ1v) is 14.2. The number of urea groups is 1. The maximum Gasteiger partial charge on any atom is 0.323 e. The molecule has 1 fully saturated rings. The van der Waals surface area contributed by atoms with Crippen LogP contribution in [0.1, 0.15) is 38.5 Å². The molecule has 3 aromatic carbocycles. The molecule has 0 radical (unpaired) electrons. The molecule has 1 aliphatic heterocycles. The highest BCUT2D eigenvalue weighted by molar-refractivity contribution is 6.01. The van der Waals surface area contributed by atoms with Crippen LogP contribution < -0.4 is 16.0 Å². The molecule has 10 nitrogen and oxygen atoms in total. The van der Waals surface area contributed by atoms with Crippen molar-refractivity contribution in [2.24, 2.45) is 5.92 Å². The van der Waals surface area contributed by atoms with E-state index in [0.717, 1.165) is 27.9 Å². The molecule has 1 aliphatic rings. The number of nitrogens with zero attached hydrogens (tertiary/aromatic N) is 2. The van der Waals surface area contributed by atoms with E-state index in [-0.39, 0.29) is 43.3 Å². The Labute approximate surface area is 255 Å². The zero-order valence-electron chi connectivity index (χ0n) is 24.4. The van der Waals surface area contributed by atoms with Crippen molar-refractivity contribution >= 4 is 40.9 Å². The minimum atomic E-state index is -0.958. The molecule has 2 atom stereocenters. The van der Waals surface area contributed by atoms with E-state index in [2.05, 4.69) is 20.9 Å². The highest BCUT2D eigenvalue weighted by Crippen LogP contribution is 2.34. The van der Waals surface area contributed by atoms with E-state index >= 15 is 0 Å². The number of pyridine rings is 1. The van der Waals surface area contributed by atoms with Gasteiger partial charge in [-0.25, -0.2) is 4.79 Å². The smallest absolute Gasteiger partial charge is 0.323 e. The molecule has 4 aromatic rings. The number of benzene rings is 3. The molecule has 0 aliphatic carbocycles. The Morgan fingerprint density at radius 2 is 1.50 bits per heavy atom. The fourth-order valence-electron chi connectivity index (χ4n) is 5.40. The van der Waals surface area contributed by atoms with E-state index in [0.29, 0.717) is 16.9 Å². The highest BCUT2D eigenvalue weighted by atomic mass is 16.4. The molecule has 224 valence electrons. The minimum Gasteiger partial charge on any atom is -0.481 e. The topological polar surface area (TPSA) is 141 Å². The van der Waals surface area contributed by atoms with Crippen LogP contribution in [0.3, 0.4) is 0 Å². The molecule has 44 heavy (non-hydrogen) atoms. The number of anilines is 3. The third kappa shape index (κ3) is 7.09. The second kappa shape index (κ2) is 13.2. The third-order valence-corrected chi connectivity index (χ3v) is 7.77. The lowest BCUT2D eigenvalue weighted by Gasteiger charge is -2.17. The normalized spacial score (nSPS) is 15.8. The summed E-state index contributed by atoms with van der Waals surface area (Å²) in [6, 6.07) is 22.9. The lowest BCUT2D eigenvalue weighted by molar-refractivity contribution is -0.141. The van der Waals surface area contributed by atoms with Crippen molar-refractivity contribution in [2.45, 2.75) is 26.2 Å². The molecule has 0 saturated carbocycles. The maximum absolute atomic E-state index is 12.9. The van der Waals surface area contributed by atoms with Gasteiger partial charge >= 0.3 is 12.0 Å². The third-order valence-electron chi connectivity index (χ3n) is 7.77. The number of hydrogen-bond donors (Lipinski definition) is 4. The fourth-order valence-corrected chi connectivity index (χ4v) is 5.40. The number of aromatic nitrogens is 1. The van der Waals surface area contributed by atoms with Crippen LogP contribution in [-0.2, 0) is 16.0 Å². The van der Waals surface area contributed by atoms with E-state index in [1.165, 1.54) is 12.4 Å². The van der Waals surface area contributed by atoms with E-state index in [9.17, 15) is 24.3 Å². The first-order chi connectivity index (χ1) is 21.2. The highest BCUT2D eigenvalue weighted by Gasteiger charge is 2.40. The summed E-state index contributed by atoms with van der Waals surface area (Å²) in [5.74, 6) is -2.52. The summed E-state index contributed by atoms with van der Waals surface area (Å²) in [7, 11) is 0. The van der Waals surface area contributed by atoms with Gasteiger partial charge in [0.2, 0.25) is 5.91 Å². The minimum absolute atomic E-state index is 0.116. The van der Waals surface area contributed by atoms with Gasteiger partial charge in [-0.05, 0) is 72.5 Å². The van der Waals surface area contributed by atoms with Crippen molar-refractivity contribution in [3.05, 3.63) is 119 Å². The Morgan fingerprint density at radius 1 is 0.818 bits per heavy atom. The first kappa shape index (κ1) is 30.0. The van der Waals surface area contributed by atoms with Gasteiger partial charge in [-0.3, -0.25) is 19.4 Å². The van der Waals surface area contributed by atoms with Gasteiger partial charge in [0.05, 0.1) is 12.3 Å². The summed E-state index contributed by atoms with van der Waals surface area (Å²) in [6.45, 7) is 4.18. The van der Waals surface area contributed by atoms with Crippen molar-refractivity contribution < 1.29 is 24.3 Å². The maximum atomic E-state index is 12.9. The Bertz CT molecular complexity index is 1690. The molecule has 1 aromatic heterocycles. The lowest BCUT2D eigenvalue weighted by Crippen LogP contribution is -2.29. The number of rotatable bonds is 8. The number of para-hydroxylation sites is 1. The van der Waals surface area contributed by atoms with E-state index < -0.39 is 11.9 Å². The van der Waals surface area contributed by atoms with Crippen LogP contribution in [0.5, 0.6) is 0 Å². The van der Waals surface area contributed by atoms with Gasteiger partial charge < -0.3 is 26.0 Å². The zero-order chi connectivity index (χ0) is 31.2. The molecule has 5 rings (SSSR count). The van der Waals surface area contributed by atoms with Crippen molar-refractivity contribution in [1.82, 2.24) is 9.88 Å². The number of carboxylic acids is 1. The summed E-state index contributed by atoms with van der Waals surface area (Å²) < 4.78 is 0. The van der Waals surface area contributed by atoms with E-state index in [4.69, 9.17) is 0 Å². The van der Waals surface area contributed by atoms with Crippen LogP contribution in [0, 0.1) is 19.8 Å². The molecular weight excluding hydrogens is 558 g/mol. The molecule has 0 spiro atoms. The fraction of sp³-hybridized carbons (Fsp3) is 0.206. The van der Waals surface area contributed by atoms with Crippen molar-refractivity contribution in [1.29, 1.82) is 0 Å². The SMILES string of the molecule is Cc1ccccc1NC(=O)Nc1ccc(CC(=O)Nc2ccc(C3CN(C(=O)c4ccncc4)CC3C(=O)O)cc2)cc1C. The largest absolute Gasteiger partial charge is 0.481 e. The number of carboxylic acid groups (broad SMARTS) is 1. The number of carbonyl (C=O) groups excluding carboxylic acids is 3. The standard InChI is InChI=1S/C34H33N5O5/c1-21-5-3-4-6-29(21)37-34(44)38-30-12-7-23(17-22(30)2)18-31(40)36-26-10-8-24(9-11-26)27-19-39(20-28(27)33(42)43)32(41)25-13-15-35-16-14-25/h3-17,27-28H,18-20H2,1-2H3,(H,36,40)(H,42,43)(H2,37,38,44). The summed E-state index contributed by atoms with van der Waals surface area (Å²) in [5.41, 5.74) is 5.76. The van der Waals surface area contributed by atoms with Crippen LogP contribution >= 0.6 is 0 Å². The molecule has 4 N–H and O–H groups in total. The second-order valence-electron chi connectivity index (χ2n) is 10.9. The second-order valence-corrected chi connectivity index (χ2v) is 10.9. The molecular formula is C34H33N5O5. The summed E-state index contributed by atoms with van der Waals surface area (Å²) in [4.78, 5) is 55.7. The van der Waals surface area contributed by atoms with Crippen molar-refractivity contribution in [3.63, 3.8) is 0 Å². The first-order valence-electron chi connectivity index (χ1n) is 14.2. The Balaban J connectivity index is 1.17. The monoisotopic (exact) mass is 591 g/mol. The number of hydrogen-bond acceptors (Lipinski definition) is 5. The summed E-state index contributed by atoms with van der Waals surface area (Å²) in [6.07, 6.45) is 3.20. The molecule has 10 heteroatoms. The summed E-state index contributed by atoms with van der Waals surface area (Å²) >= 11 is 0. The molecule has 1 saturated heterocycles. The van der Waals surface area contributed by atoms with Crippen LogP contribution in [0.4, 0.5) is 21.9 Å². The average molecular weight is 592 g/mol. The zero-order valence-corrected chi connectivity index (χ0v) is 24.4. The number of likely N-dealkylation sites (tertiary alicyclic amines) is 1. The lowest BCUT2D eigenvalue weighted by atomic mass is 9.89. The van der Waals surface area contributed by atoms with Gasteiger partial charge in [0.1, 0.15) is 0 Å². The van der Waals surface area contributed by atoms with E-state index in [1.54, 1.807) is 53.4 Å². The molecule has 4 amide bonds. The van der Waals surface area contributed by atoms with Gasteiger partial charge in [-0.2, -0.15) is 0 Å². The number of aliphatic carboxylic acids is 1. The van der Waals surface area contributed by atoms with Gasteiger partial charge in [-0.1, -0.05) is 42.5 Å². The van der Waals surface area contributed by atoms with Crippen LogP contribution in [0.2, 0.25) is 0 Å². The van der Waals surface area contributed by atoms with E-state index in [1.807, 2.05) is 44.2 Å². The molecule has 2 unspecified atom stereocenters. The predicted molar refractivity (Wildman–Crippen MR) is 168 cm³/mol. The molecule has 2 heterocycles. The molecule has 0 bridgehead atoms. The van der Waals surface area contributed by atoms with Gasteiger partial charge in [-0.15, -0.1) is 0 Å². The number of amides is 4. The van der Waals surface area contributed by atoms with Gasteiger partial charge in [0, 0.05) is 54.0 Å². The van der Waals surface area contributed by atoms with Gasteiger partial charge in [0.25, 0.3) is 5.91 Å². The van der Waals surface area contributed by atoms with Gasteiger partial charge in [0.15, 0.2) is 0 Å². The number of aryl methyl sites for hydroxylation is 2. The van der Waals surface area contributed by atoms with Crippen molar-refractivity contribution in [3.8, 4) is 0 Å². The Morgan fingerprint density at radius 3 is 2.16 bits per heavy atom.